The third kappa shape index (κ3) is 4.72. The van der Waals surface area contributed by atoms with Gasteiger partial charge in [0.15, 0.2) is 11.5 Å². The summed E-state index contributed by atoms with van der Waals surface area (Å²) in [5, 5.41) is 7.03. The molecule has 0 bridgehead atoms. The van der Waals surface area contributed by atoms with Gasteiger partial charge in [0.1, 0.15) is 5.75 Å². The van der Waals surface area contributed by atoms with Gasteiger partial charge in [0.2, 0.25) is 5.76 Å². The van der Waals surface area contributed by atoms with Gasteiger partial charge in [0.05, 0.1) is 19.4 Å². The van der Waals surface area contributed by atoms with Crippen molar-refractivity contribution in [3.63, 3.8) is 0 Å². The van der Waals surface area contributed by atoms with Crippen LogP contribution in [0.2, 0.25) is 0 Å². The number of hydrogen-bond donors (Lipinski definition) is 1. The molecule has 3 heterocycles. The van der Waals surface area contributed by atoms with E-state index in [0.717, 1.165) is 44.0 Å². The standard InChI is InChI=1S/C22H26N4O4/c1-25-9-11-26(12-10-25)15-19(16-5-7-17(28-2)8-6-16)23-22(27)18-14-21(30-24-18)20-4-3-13-29-20/h3-8,13-14,19H,9-12,15H2,1-2H3,(H,23,27). The minimum Gasteiger partial charge on any atom is -0.497 e. The van der Waals surface area contributed by atoms with Gasteiger partial charge in [-0.25, -0.2) is 0 Å². The van der Waals surface area contributed by atoms with Crippen molar-refractivity contribution in [3.8, 4) is 17.3 Å². The van der Waals surface area contributed by atoms with Crippen LogP contribution in [0.25, 0.3) is 11.5 Å². The molecule has 3 aromatic rings. The van der Waals surface area contributed by atoms with Crippen molar-refractivity contribution in [1.29, 1.82) is 0 Å². The fraction of sp³-hybridized carbons (Fsp3) is 0.364. The molecule has 0 radical (unpaired) electrons. The Morgan fingerprint density at radius 2 is 1.93 bits per heavy atom. The van der Waals surface area contributed by atoms with E-state index in [1.54, 1.807) is 31.6 Å². The average molecular weight is 410 g/mol. The topological polar surface area (TPSA) is 84.0 Å². The van der Waals surface area contributed by atoms with Crippen molar-refractivity contribution in [2.24, 2.45) is 0 Å². The molecule has 158 valence electrons. The molecular formula is C22H26N4O4. The summed E-state index contributed by atoms with van der Waals surface area (Å²) in [4.78, 5) is 17.6. The largest absolute Gasteiger partial charge is 0.497 e. The van der Waals surface area contributed by atoms with Crippen LogP contribution >= 0.6 is 0 Å². The normalized spacial score (nSPS) is 16.3. The van der Waals surface area contributed by atoms with Crippen molar-refractivity contribution >= 4 is 5.91 Å². The summed E-state index contributed by atoms with van der Waals surface area (Å²) in [5.74, 6) is 1.45. The Labute approximate surface area is 175 Å². The molecule has 1 fully saturated rings. The Hall–Kier alpha value is -3.10. The SMILES string of the molecule is COc1ccc(C(CN2CCN(C)CC2)NC(=O)c2cc(-c3ccco3)on2)cc1. The lowest BCUT2D eigenvalue weighted by molar-refractivity contribution is 0.0898. The number of ether oxygens (including phenoxy) is 1. The highest BCUT2D eigenvalue weighted by Crippen LogP contribution is 2.23. The van der Waals surface area contributed by atoms with E-state index in [9.17, 15) is 4.79 Å². The molecule has 0 spiro atoms. The lowest BCUT2D eigenvalue weighted by Gasteiger charge is -2.35. The number of carbonyl (C=O) groups excluding carboxylic acids is 1. The van der Waals surface area contributed by atoms with Crippen LogP contribution < -0.4 is 10.1 Å². The van der Waals surface area contributed by atoms with Crippen molar-refractivity contribution in [3.05, 3.63) is 60.0 Å². The number of nitrogens with one attached hydrogen (secondary N) is 1. The first-order valence-electron chi connectivity index (χ1n) is 9.98. The van der Waals surface area contributed by atoms with E-state index in [1.807, 2.05) is 24.3 Å². The average Bonchev–Trinajstić information content (AvgIpc) is 3.47. The maximum atomic E-state index is 12.9. The van der Waals surface area contributed by atoms with Gasteiger partial charge in [-0.05, 0) is 36.9 Å². The van der Waals surface area contributed by atoms with Crippen molar-refractivity contribution < 1.29 is 18.5 Å². The number of nitrogens with zero attached hydrogens (tertiary/aromatic N) is 3. The molecule has 30 heavy (non-hydrogen) atoms. The first-order valence-corrected chi connectivity index (χ1v) is 9.98. The van der Waals surface area contributed by atoms with Crippen molar-refractivity contribution in [2.75, 3.05) is 46.9 Å². The smallest absolute Gasteiger partial charge is 0.274 e. The first-order chi connectivity index (χ1) is 14.6. The van der Waals surface area contributed by atoms with Gasteiger partial charge in [-0.1, -0.05) is 17.3 Å². The van der Waals surface area contributed by atoms with E-state index in [4.69, 9.17) is 13.7 Å². The molecule has 1 aliphatic heterocycles. The van der Waals surface area contributed by atoms with E-state index in [1.165, 1.54) is 0 Å². The second-order valence-electron chi connectivity index (χ2n) is 7.46. The number of methoxy groups -OCH3 is 1. The van der Waals surface area contributed by atoms with Gasteiger partial charge in [-0.2, -0.15) is 0 Å². The predicted octanol–water partition coefficient (Wildman–Crippen LogP) is 2.66. The number of furan rings is 1. The molecule has 8 heteroatoms. The molecular weight excluding hydrogens is 384 g/mol. The number of aromatic nitrogens is 1. The Morgan fingerprint density at radius 3 is 2.60 bits per heavy atom. The zero-order valence-electron chi connectivity index (χ0n) is 17.2. The minimum atomic E-state index is -0.286. The van der Waals surface area contributed by atoms with E-state index < -0.39 is 0 Å². The summed E-state index contributed by atoms with van der Waals surface area (Å²) in [6.45, 7) is 4.67. The molecule has 1 N–H and O–H groups in total. The predicted molar refractivity (Wildman–Crippen MR) is 111 cm³/mol. The number of carbonyl (C=O) groups is 1. The third-order valence-electron chi connectivity index (χ3n) is 5.37. The van der Waals surface area contributed by atoms with Crippen molar-refractivity contribution in [2.45, 2.75) is 6.04 Å². The highest BCUT2D eigenvalue weighted by molar-refractivity contribution is 5.93. The molecule has 0 aliphatic carbocycles. The molecule has 8 nitrogen and oxygen atoms in total. The summed E-state index contributed by atoms with van der Waals surface area (Å²) >= 11 is 0. The van der Waals surface area contributed by atoms with Crippen LogP contribution in [0.1, 0.15) is 22.1 Å². The minimum absolute atomic E-state index is 0.185. The highest BCUT2D eigenvalue weighted by atomic mass is 16.5. The van der Waals surface area contributed by atoms with Crippen LogP contribution in [0, 0.1) is 0 Å². The van der Waals surface area contributed by atoms with E-state index in [0.29, 0.717) is 11.5 Å². The number of rotatable bonds is 7. The monoisotopic (exact) mass is 410 g/mol. The van der Waals surface area contributed by atoms with E-state index in [-0.39, 0.29) is 17.6 Å². The number of hydrogen-bond acceptors (Lipinski definition) is 7. The molecule has 1 aliphatic rings. The molecule has 1 saturated heterocycles. The van der Waals surface area contributed by atoms with Crippen molar-refractivity contribution in [1.82, 2.24) is 20.3 Å². The maximum Gasteiger partial charge on any atom is 0.274 e. The zero-order valence-corrected chi connectivity index (χ0v) is 17.2. The summed E-state index contributed by atoms with van der Waals surface area (Å²) in [6.07, 6.45) is 1.55. The van der Waals surface area contributed by atoms with Gasteiger partial charge < -0.3 is 23.9 Å². The number of amides is 1. The Morgan fingerprint density at radius 1 is 1.17 bits per heavy atom. The lowest BCUT2D eigenvalue weighted by Crippen LogP contribution is -2.47. The Balaban J connectivity index is 1.50. The molecule has 1 unspecified atom stereocenters. The van der Waals surface area contributed by atoms with E-state index >= 15 is 0 Å². The lowest BCUT2D eigenvalue weighted by atomic mass is 10.1. The van der Waals surface area contributed by atoms with Crippen LogP contribution in [0.15, 0.2) is 57.7 Å². The Bertz CT molecular complexity index is 944. The van der Waals surface area contributed by atoms with Gasteiger partial charge in [0, 0.05) is 38.8 Å². The van der Waals surface area contributed by atoms with Crippen LogP contribution in [0.4, 0.5) is 0 Å². The molecule has 4 rings (SSSR count). The summed E-state index contributed by atoms with van der Waals surface area (Å²) in [6, 6.07) is 12.7. The van der Waals surface area contributed by atoms with Gasteiger partial charge in [0.25, 0.3) is 5.91 Å². The second-order valence-corrected chi connectivity index (χ2v) is 7.46. The fourth-order valence-corrected chi connectivity index (χ4v) is 3.51. The number of piperazine rings is 1. The zero-order chi connectivity index (χ0) is 20.9. The molecule has 1 amide bonds. The number of benzene rings is 1. The van der Waals surface area contributed by atoms with Crippen LogP contribution in [-0.4, -0.2) is 67.7 Å². The summed E-state index contributed by atoms with van der Waals surface area (Å²) in [5.41, 5.74) is 1.23. The molecule has 1 aromatic carbocycles. The van der Waals surface area contributed by atoms with E-state index in [2.05, 4.69) is 27.3 Å². The fourth-order valence-electron chi connectivity index (χ4n) is 3.51. The van der Waals surface area contributed by atoms with Gasteiger partial charge >= 0.3 is 0 Å². The summed E-state index contributed by atoms with van der Waals surface area (Å²) < 4.78 is 15.8. The Kier molecular flexibility index (Phi) is 6.15. The molecule has 2 aromatic heterocycles. The van der Waals surface area contributed by atoms with Crippen LogP contribution in [0.5, 0.6) is 5.75 Å². The first kappa shape index (κ1) is 20.2. The summed E-state index contributed by atoms with van der Waals surface area (Å²) in [7, 11) is 3.76. The van der Waals surface area contributed by atoms with Crippen LogP contribution in [-0.2, 0) is 0 Å². The highest BCUT2D eigenvalue weighted by Gasteiger charge is 2.23. The second kappa shape index (κ2) is 9.15. The van der Waals surface area contributed by atoms with Gasteiger partial charge in [-0.3, -0.25) is 9.69 Å². The number of likely N-dealkylation sites (N-methyl/N-ethyl adjacent to an activating group) is 1. The maximum absolute atomic E-state index is 12.9. The van der Waals surface area contributed by atoms with Crippen LogP contribution in [0.3, 0.4) is 0 Å². The van der Waals surface area contributed by atoms with Gasteiger partial charge in [-0.15, -0.1) is 0 Å². The molecule has 0 saturated carbocycles. The molecule has 1 atom stereocenters. The third-order valence-corrected chi connectivity index (χ3v) is 5.37. The quantitative estimate of drug-likeness (QED) is 0.641.